The van der Waals surface area contributed by atoms with Crippen LogP contribution in [0.5, 0.6) is 0 Å². The van der Waals surface area contributed by atoms with E-state index in [1.54, 1.807) is 7.11 Å². The molecule has 18 heavy (non-hydrogen) atoms. The van der Waals surface area contributed by atoms with Crippen LogP contribution in [0.3, 0.4) is 0 Å². The van der Waals surface area contributed by atoms with E-state index in [4.69, 9.17) is 4.74 Å². The smallest absolute Gasteiger partial charge is 0.228 e. The topological polar surface area (TPSA) is 50.4 Å². The third kappa shape index (κ3) is 3.23. The van der Waals surface area contributed by atoms with Crippen molar-refractivity contribution < 1.29 is 9.53 Å². The van der Waals surface area contributed by atoms with Gasteiger partial charge in [0.05, 0.1) is 18.1 Å². The van der Waals surface area contributed by atoms with Gasteiger partial charge in [-0.25, -0.2) is 0 Å². The predicted octanol–water partition coefficient (Wildman–Crippen LogP) is 1.41. The van der Waals surface area contributed by atoms with Crippen molar-refractivity contribution in [3.63, 3.8) is 0 Å². The monoisotopic (exact) mass is 256 g/mol. The van der Waals surface area contributed by atoms with Crippen LogP contribution >= 0.6 is 0 Å². The van der Waals surface area contributed by atoms with Crippen LogP contribution in [-0.4, -0.2) is 38.8 Å². The van der Waals surface area contributed by atoms with Gasteiger partial charge in [-0.05, 0) is 24.8 Å². The molecule has 4 nitrogen and oxygen atoms in total. The number of hydrogen-bond donors (Lipinski definition) is 2. The van der Waals surface area contributed by atoms with Gasteiger partial charge >= 0.3 is 0 Å². The average Bonchev–Trinajstić information content (AvgIpc) is 2.78. The summed E-state index contributed by atoms with van der Waals surface area (Å²) >= 11 is 0. The third-order valence-corrected chi connectivity index (χ3v) is 4.21. The fourth-order valence-electron chi connectivity index (χ4n) is 2.55. The van der Waals surface area contributed by atoms with Gasteiger partial charge in [-0.15, -0.1) is 0 Å². The zero-order valence-electron chi connectivity index (χ0n) is 12.4. The molecule has 4 heteroatoms. The minimum Gasteiger partial charge on any atom is -0.383 e. The van der Waals surface area contributed by atoms with Crippen LogP contribution in [0.2, 0.25) is 0 Å². The molecule has 0 aromatic carbocycles. The Labute approximate surface area is 111 Å². The zero-order valence-corrected chi connectivity index (χ0v) is 12.4. The first kappa shape index (κ1) is 15.4. The molecular formula is C14H28N2O2. The Kier molecular flexibility index (Phi) is 5.60. The van der Waals surface area contributed by atoms with E-state index in [1.165, 1.54) is 0 Å². The first-order valence-electron chi connectivity index (χ1n) is 6.94. The van der Waals surface area contributed by atoms with Crippen molar-refractivity contribution in [1.82, 2.24) is 10.6 Å². The third-order valence-electron chi connectivity index (χ3n) is 4.21. The summed E-state index contributed by atoms with van der Waals surface area (Å²) in [6.45, 7) is 10.8. The van der Waals surface area contributed by atoms with E-state index in [0.29, 0.717) is 18.4 Å². The molecule has 1 aliphatic heterocycles. The van der Waals surface area contributed by atoms with E-state index >= 15 is 0 Å². The van der Waals surface area contributed by atoms with Crippen molar-refractivity contribution in [1.29, 1.82) is 0 Å². The van der Waals surface area contributed by atoms with Gasteiger partial charge in [-0.2, -0.15) is 0 Å². The maximum Gasteiger partial charge on any atom is 0.228 e. The van der Waals surface area contributed by atoms with Crippen LogP contribution in [0.1, 0.15) is 34.1 Å². The van der Waals surface area contributed by atoms with Crippen molar-refractivity contribution in [2.45, 2.75) is 40.2 Å². The van der Waals surface area contributed by atoms with Gasteiger partial charge in [0, 0.05) is 13.7 Å². The van der Waals surface area contributed by atoms with Crippen LogP contribution in [0.15, 0.2) is 0 Å². The molecule has 0 radical (unpaired) electrons. The standard InChI is InChI=1S/C14H28N2O2/c1-10(2)12(8-18-5)16-13(17)14(11(3)4)6-7-15-9-14/h10-12,15H,6-9H2,1-5H3,(H,16,17). The van der Waals surface area contributed by atoms with Crippen molar-refractivity contribution in [3.8, 4) is 0 Å². The van der Waals surface area contributed by atoms with Crippen LogP contribution in [-0.2, 0) is 9.53 Å². The molecule has 2 unspecified atom stereocenters. The normalized spacial score (nSPS) is 25.7. The van der Waals surface area contributed by atoms with E-state index in [2.05, 4.69) is 38.3 Å². The Hall–Kier alpha value is -0.610. The van der Waals surface area contributed by atoms with E-state index in [-0.39, 0.29) is 17.4 Å². The van der Waals surface area contributed by atoms with Crippen LogP contribution in [0.25, 0.3) is 0 Å². The van der Waals surface area contributed by atoms with E-state index < -0.39 is 0 Å². The van der Waals surface area contributed by atoms with E-state index in [1.807, 2.05) is 0 Å². The molecule has 0 aliphatic carbocycles. The highest BCUT2D eigenvalue weighted by Crippen LogP contribution is 2.34. The van der Waals surface area contributed by atoms with Gasteiger partial charge in [0.25, 0.3) is 0 Å². The molecule has 1 heterocycles. The average molecular weight is 256 g/mol. The lowest BCUT2D eigenvalue weighted by atomic mass is 9.75. The quantitative estimate of drug-likeness (QED) is 0.755. The summed E-state index contributed by atoms with van der Waals surface area (Å²) in [5.41, 5.74) is -0.249. The van der Waals surface area contributed by atoms with E-state index in [0.717, 1.165) is 19.5 Å². The number of amides is 1. The molecule has 106 valence electrons. The molecule has 1 aliphatic rings. The summed E-state index contributed by atoms with van der Waals surface area (Å²) < 4.78 is 5.19. The van der Waals surface area contributed by atoms with Gasteiger partial charge < -0.3 is 15.4 Å². The van der Waals surface area contributed by atoms with Gasteiger partial charge in [-0.3, -0.25) is 4.79 Å². The summed E-state index contributed by atoms with van der Waals surface area (Å²) in [5.74, 6) is 0.911. The van der Waals surface area contributed by atoms with Crippen LogP contribution < -0.4 is 10.6 Å². The molecule has 0 aromatic rings. The molecule has 2 atom stereocenters. The SMILES string of the molecule is COCC(NC(=O)C1(C(C)C)CCNC1)C(C)C. The lowest BCUT2D eigenvalue weighted by Gasteiger charge is -2.34. The molecule has 0 aromatic heterocycles. The number of rotatable bonds is 6. The molecule has 0 saturated carbocycles. The molecule has 1 amide bonds. The maximum absolute atomic E-state index is 12.6. The van der Waals surface area contributed by atoms with Gasteiger partial charge in [-0.1, -0.05) is 27.7 Å². The predicted molar refractivity (Wildman–Crippen MR) is 73.4 cm³/mol. The molecule has 0 bridgehead atoms. The molecule has 1 saturated heterocycles. The van der Waals surface area contributed by atoms with Crippen molar-refractivity contribution in [2.24, 2.45) is 17.3 Å². The van der Waals surface area contributed by atoms with Gasteiger partial charge in [0.15, 0.2) is 0 Å². The fraction of sp³-hybridized carbons (Fsp3) is 0.929. The highest BCUT2D eigenvalue weighted by Gasteiger charge is 2.44. The summed E-state index contributed by atoms with van der Waals surface area (Å²) in [5, 5.41) is 6.50. The number of carbonyl (C=O) groups is 1. The number of hydrogen-bond acceptors (Lipinski definition) is 3. The number of carbonyl (C=O) groups excluding carboxylic acids is 1. The first-order valence-corrected chi connectivity index (χ1v) is 6.94. The Morgan fingerprint density at radius 1 is 1.39 bits per heavy atom. The summed E-state index contributed by atoms with van der Waals surface area (Å²) in [7, 11) is 1.68. The molecule has 1 fully saturated rings. The Morgan fingerprint density at radius 2 is 2.06 bits per heavy atom. The maximum atomic E-state index is 12.6. The summed E-state index contributed by atoms with van der Waals surface area (Å²) in [6.07, 6.45) is 0.925. The first-order chi connectivity index (χ1) is 8.44. The van der Waals surface area contributed by atoms with Gasteiger partial charge in [0.1, 0.15) is 0 Å². The molecular weight excluding hydrogens is 228 g/mol. The Bertz CT molecular complexity index is 271. The fourth-order valence-corrected chi connectivity index (χ4v) is 2.55. The van der Waals surface area contributed by atoms with Crippen molar-refractivity contribution in [3.05, 3.63) is 0 Å². The second-order valence-corrected chi connectivity index (χ2v) is 6.02. The summed E-state index contributed by atoms with van der Waals surface area (Å²) in [6, 6.07) is 0.0960. The largest absolute Gasteiger partial charge is 0.383 e. The van der Waals surface area contributed by atoms with Crippen LogP contribution in [0.4, 0.5) is 0 Å². The molecule has 2 N–H and O–H groups in total. The van der Waals surface area contributed by atoms with E-state index in [9.17, 15) is 4.79 Å². The second kappa shape index (κ2) is 6.53. The lowest BCUT2D eigenvalue weighted by Crippen LogP contribution is -2.52. The summed E-state index contributed by atoms with van der Waals surface area (Å²) in [4.78, 5) is 12.6. The number of nitrogens with one attached hydrogen (secondary N) is 2. The Balaban J connectivity index is 2.72. The zero-order chi connectivity index (χ0) is 13.8. The number of methoxy groups -OCH3 is 1. The van der Waals surface area contributed by atoms with Crippen molar-refractivity contribution >= 4 is 5.91 Å². The van der Waals surface area contributed by atoms with Crippen LogP contribution in [0, 0.1) is 17.3 Å². The van der Waals surface area contributed by atoms with Crippen molar-refractivity contribution in [2.75, 3.05) is 26.8 Å². The minimum atomic E-state index is -0.249. The molecule has 0 spiro atoms. The highest BCUT2D eigenvalue weighted by atomic mass is 16.5. The lowest BCUT2D eigenvalue weighted by molar-refractivity contribution is -0.134. The number of ether oxygens (including phenoxy) is 1. The van der Waals surface area contributed by atoms with Gasteiger partial charge in [0.2, 0.25) is 5.91 Å². The molecule has 1 rings (SSSR count). The highest BCUT2D eigenvalue weighted by molar-refractivity contribution is 5.84. The Morgan fingerprint density at radius 3 is 2.44 bits per heavy atom. The minimum absolute atomic E-state index is 0.0960. The second-order valence-electron chi connectivity index (χ2n) is 6.02.